The van der Waals surface area contributed by atoms with Gasteiger partial charge in [-0.25, -0.2) is 8.78 Å². The maximum atomic E-state index is 13.2. The van der Waals surface area contributed by atoms with Gasteiger partial charge in [0, 0.05) is 0 Å². The topological polar surface area (TPSA) is 47.6 Å². The van der Waals surface area contributed by atoms with Gasteiger partial charge in [0.1, 0.15) is 5.82 Å². The Balaban J connectivity index is 3.18. The van der Waals surface area contributed by atoms with Gasteiger partial charge in [0.15, 0.2) is 11.6 Å². The summed E-state index contributed by atoms with van der Waals surface area (Å²) in [6.45, 7) is 0. The van der Waals surface area contributed by atoms with Crippen LogP contribution in [-0.2, 0) is 0 Å². The molecule has 0 spiro atoms. The van der Waals surface area contributed by atoms with Gasteiger partial charge in [0.25, 0.3) is 0 Å². The second-order valence-electron chi connectivity index (χ2n) is 2.60. The average molecular weight is 240 g/mol. The molecule has 0 atom stereocenters. The predicted octanol–water partition coefficient (Wildman–Crippen LogP) is 2.16. The van der Waals surface area contributed by atoms with E-state index in [2.05, 4.69) is 15.7 Å². The highest BCUT2D eigenvalue weighted by Crippen LogP contribution is 2.27. The molecule has 2 N–H and O–H groups in total. The summed E-state index contributed by atoms with van der Waals surface area (Å²) in [6.07, 6.45) is -4.51. The molecular weight excluding hydrogens is 235 g/mol. The molecule has 16 heavy (non-hydrogen) atoms. The number of halogens is 5. The van der Waals surface area contributed by atoms with Gasteiger partial charge in [-0.05, 0) is 12.1 Å². The summed E-state index contributed by atoms with van der Waals surface area (Å²) >= 11 is 0. The Labute approximate surface area is 86.3 Å². The van der Waals surface area contributed by atoms with Crippen LogP contribution in [0.25, 0.3) is 0 Å². The molecule has 0 bridgehead atoms. The monoisotopic (exact) mass is 240 g/mol. The summed E-state index contributed by atoms with van der Waals surface area (Å²) in [5.74, 6) is 0.882. The van der Waals surface area contributed by atoms with Gasteiger partial charge >= 0.3 is 6.36 Å². The van der Waals surface area contributed by atoms with E-state index < -0.39 is 29.3 Å². The Bertz CT molecular complexity index is 416. The lowest BCUT2D eigenvalue weighted by molar-refractivity contribution is -0.275. The van der Waals surface area contributed by atoms with Crippen LogP contribution in [0, 0.1) is 11.6 Å². The van der Waals surface area contributed by atoms with Crippen LogP contribution in [-0.4, -0.2) is 12.6 Å². The molecule has 1 aromatic rings. The standard InChI is InChI=1S/C8H5F5N2O/c9-5-1-2-6(16-8(11,12)13)7(10)4(5)3-15-14/h1-3H,14H2. The maximum absolute atomic E-state index is 13.2. The first-order chi connectivity index (χ1) is 7.35. The summed E-state index contributed by atoms with van der Waals surface area (Å²) in [7, 11) is 0. The summed E-state index contributed by atoms with van der Waals surface area (Å²) in [5.41, 5.74) is -0.802. The van der Waals surface area contributed by atoms with Gasteiger partial charge in [-0.2, -0.15) is 5.10 Å². The molecule has 88 valence electrons. The summed E-state index contributed by atoms with van der Waals surface area (Å²) < 4.78 is 64.9. The van der Waals surface area contributed by atoms with Crippen LogP contribution in [0.5, 0.6) is 5.75 Å². The van der Waals surface area contributed by atoms with Crippen molar-refractivity contribution in [2.75, 3.05) is 0 Å². The van der Waals surface area contributed by atoms with Crippen molar-refractivity contribution >= 4 is 6.21 Å². The zero-order chi connectivity index (χ0) is 12.3. The van der Waals surface area contributed by atoms with Crippen molar-refractivity contribution in [1.29, 1.82) is 0 Å². The van der Waals surface area contributed by atoms with Gasteiger partial charge in [0.2, 0.25) is 0 Å². The first-order valence-electron chi connectivity index (χ1n) is 3.82. The number of benzene rings is 1. The lowest BCUT2D eigenvalue weighted by Crippen LogP contribution is -2.18. The van der Waals surface area contributed by atoms with Gasteiger partial charge in [0.05, 0.1) is 11.8 Å². The Morgan fingerprint density at radius 3 is 2.38 bits per heavy atom. The largest absolute Gasteiger partial charge is 0.573 e. The molecule has 0 radical (unpaired) electrons. The molecule has 3 nitrogen and oxygen atoms in total. The third-order valence-electron chi connectivity index (χ3n) is 1.52. The average Bonchev–Trinajstić information content (AvgIpc) is 2.15. The smallest absolute Gasteiger partial charge is 0.403 e. The van der Waals surface area contributed by atoms with E-state index in [4.69, 9.17) is 0 Å². The second-order valence-corrected chi connectivity index (χ2v) is 2.60. The SMILES string of the molecule is NN=Cc1c(F)ccc(OC(F)(F)F)c1F. The molecule has 0 aromatic heterocycles. The molecular formula is C8H5F5N2O. The van der Waals surface area contributed by atoms with Crippen molar-refractivity contribution in [3.8, 4) is 5.75 Å². The fourth-order valence-electron chi connectivity index (χ4n) is 0.946. The zero-order valence-corrected chi connectivity index (χ0v) is 7.55. The molecule has 0 amide bonds. The van der Waals surface area contributed by atoms with Crippen LogP contribution in [0.15, 0.2) is 17.2 Å². The highest BCUT2D eigenvalue weighted by atomic mass is 19.4. The van der Waals surface area contributed by atoms with Crippen LogP contribution in [0.2, 0.25) is 0 Å². The van der Waals surface area contributed by atoms with E-state index in [1.165, 1.54) is 0 Å². The van der Waals surface area contributed by atoms with Crippen molar-refractivity contribution in [3.63, 3.8) is 0 Å². The molecule has 1 aromatic carbocycles. The fraction of sp³-hybridized carbons (Fsp3) is 0.125. The Morgan fingerprint density at radius 1 is 1.25 bits per heavy atom. The number of hydrogen-bond donors (Lipinski definition) is 1. The number of rotatable bonds is 2. The summed E-state index contributed by atoms with van der Waals surface area (Å²) in [5, 5.41) is 2.82. The molecule has 1 rings (SSSR count). The molecule has 0 aliphatic carbocycles. The second kappa shape index (κ2) is 4.33. The van der Waals surface area contributed by atoms with Crippen LogP contribution in [0.3, 0.4) is 0 Å². The van der Waals surface area contributed by atoms with Crippen molar-refractivity contribution < 1.29 is 26.7 Å². The summed E-state index contributed by atoms with van der Waals surface area (Å²) in [4.78, 5) is 0. The van der Waals surface area contributed by atoms with Crippen LogP contribution < -0.4 is 10.6 Å². The van der Waals surface area contributed by atoms with Gasteiger partial charge in [-0.1, -0.05) is 0 Å². The van der Waals surface area contributed by atoms with Crippen LogP contribution in [0.1, 0.15) is 5.56 Å². The number of nitrogens with zero attached hydrogens (tertiary/aromatic N) is 1. The van der Waals surface area contributed by atoms with Crippen LogP contribution in [0.4, 0.5) is 22.0 Å². The normalized spacial score (nSPS) is 12.1. The Kier molecular flexibility index (Phi) is 3.31. The minimum atomic E-state index is -5.06. The minimum absolute atomic E-state index is 0.520. The molecule has 0 aliphatic heterocycles. The molecule has 0 fully saturated rings. The Morgan fingerprint density at radius 2 is 1.88 bits per heavy atom. The number of hydrazone groups is 1. The molecule has 0 saturated heterocycles. The van der Waals surface area contributed by atoms with Gasteiger partial charge in [-0.15, -0.1) is 13.2 Å². The molecule has 0 saturated carbocycles. The van der Waals surface area contributed by atoms with Crippen molar-refractivity contribution in [3.05, 3.63) is 29.3 Å². The van der Waals surface area contributed by atoms with E-state index in [1.807, 2.05) is 0 Å². The Hall–Kier alpha value is -1.86. The predicted molar refractivity (Wildman–Crippen MR) is 44.8 cm³/mol. The lowest BCUT2D eigenvalue weighted by atomic mass is 10.2. The lowest BCUT2D eigenvalue weighted by Gasteiger charge is -2.10. The van der Waals surface area contributed by atoms with E-state index >= 15 is 0 Å². The maximum Gasteiger partial charge on any atom is 0.573 e. The molecule has 8 heteroatoms. The number of alkyl halides is 3. The van der Waals surface area contributed by atoms with Crippen LogP contribution >= 0.6 is 0 Å². The minimum Gasteiger partial charge on any atom is -0.403 e. The number of hydrogen-bond acceptors (Lipinski definition) is 3. The highest BCUT2D eigenvalue weighted by Gasteiger charge is 2.33. The highest BCUT2D eigenvalue weighted by molar-refractivity contribution is 5.80. The fourth-order valence-corrected chi connectivity index (χ4v) is 0.946. The molecule has 0 unspecified atom stereocenters. The quantitative estimate of drug-likeness (QED) is 0.372. The van der Waals surface area contributed by atoms with Gasteiger partial charge < -0.3 is 10.6 Å². The van der Waals surface area contributed by atoms with E-state index in [1.54, 1.807) is 0 Å². The number of ether oxygens (including phenoxy) is 1. The van der Waals surface area contributed by atoms with E-state index in [0.29, 0.717) is 18.3 Å². The third kappa shape index (κ3) is 2.81. The summed E-state index contributed by atoms with van der Waals surface area (Å²) in [6, 6.07) is 1.13. The van der Waals surface area contributed by atoms with E-state index in [0.717, 1.165) is 0 Å². The third-order valence-corrected chi connectivity index (χ3v) is 1.52. The van der Waals surface area contributed by atoms with Crippen molar-refractivity contribution in [1.82, 2.24) is 0 Å². The van der Waals surface area contributed by atoms with Crippen molar-refractivity contribution in [2.24, 2.45) is 10.9 Å². The molecule has 0 aliphatic rings. The van der Waals surface area contributed by atoms with Crippen molar-refractivity contribution in [2.45, 2.75) is 6.36 Å². The number of nitrogens with two attached hydrogens (primary N) is 1. The first-order valence-corrected chi connectivity index (χ1v) is 3.82. The van der Waals surface area contributed by atoms with E-state index in [-0.39, 0.29) is 0 Å². The van der Waals surface area contributed by atoms with E-state index in [9.17, 15) is 22.0 Å². The molecule has 0 heterocycles. The van der Waals surface area contributed by atoms with Gasteiger partial charge in [-0.3, -0.25) is 0 Å². The zero-order valence-electron chi connectivity index (χ0n) is 7.55. The first kappa shape index (κ1) is 12.2.